The highest BCUT2D eigenvalue weighted by Crippen LogP contribution is 2.27. The Hall–Kier alpha value is -1.77. The van der Waals surface area contributed by atoms with Gasteiger partial charge >= 0.3 is 12.3 Å². The summed E-state index contributed by atoms with van der Waals surface area (Å²) in [6, 6.07) is 2.02. The van der Waals surface area contributed by atoms with Gasteiger partial charge in [-0.05, 0) is 18.2 Å². The van der Waals surface area contributed by atoms with Gasteiger partial charge in [0.05, 0.1) is 16.2 Å². The molecule has 5 nitrogen and oxygen atoms in total. The molecule has 106 valence electrons. The van der Waals surface area contributed by atoms with Gasteiger partial charge in [-0.3, -0.25) is 0 Å². The Morgan fingerprint density at radius 1 is 1.32 bits per heavy atom. The van der Waals surface area contributed by atoms with Gasteiger partial charge in [0.1, 0.15) is 5.75 Å². The van der Waals surface area contributed by atoms with E-state index < -0.39 is 38.4 Å². The molecule has 0 aliphatic carbocycles. The van der Waals surface area contributed by atoms with Crippen LogP contribution in [0.2, 0.25) is 0 Å². The van der Waals surface area contributed by atoms with Crippen molar-refractivity contribution in [3.63, 3.8) is 0 Å². The summed E-state index contributed by atoms with van der Waals surface area (Å²) < 4.78 is 62.9. The molecule has 0 spiro atoms. The van der Waals surface area contributed by atoms with Gasteiger partial charge in [0.2, 0.25) is 0 Å². The van der Waals surface area contributed by atoms with Crippen molar-refractivity contribution in [1.82, 2.24) is 0 Å². The van der Waals surface area contributed by atoms with E-state index in [0.29, 0.717) is 12.1 Å². The number of benzene rings is 1. The highest BCUT2D eigenvalue weighted by molar-refractivity contribution is 7.91. The Balaban J connectivity index is 3.39. The molecular weight excluding hydrogens is 289 g/mol. The lowest BCUT2D eigenvalue weighted by molar-refractivity contribution is -0.274. The molecule has 0 saturated carbocycles. The first-order valence-electron chi connectivity index (χ1n) is 4.92. The zero-order valence-corrected chi connectivity index (χ0v) is 10.4. The summed E-state index contributed by atoms with van der Waals surface area (Å²) in [6.45, 7) is 1.28. The van der Waals surface area contributed by atoms with Crippen LogP contribution in [0.5, 0.6) is 5.75 Å². The highest BCUT2D eigenvalue weighted by atomic mass is 32.2. The third kappa shape index (κ3) is 4.12. The fourth-order valence-electron chi connectivity index (χ4n) is 1.23. The number of sulfone groups is 1. The van der Waals surface area contributed by atoms with E-state index in [1.165, 1.54) is 6.92 Å². The van der Waals surface area contributed by atoms with E-state index in [-0.39, 0.29) is 5.75 Å². The minimum absolute atomic E-state index is 0.373. The molecule has 9 heteroatoms. The average molecular weight is 298 g/mol. The van der Waals surface area contributed by atoms with Gasteiger partial charge in [0, 0.05) is 0 Å². The molecule has 0 aromatic heterocycles. The van der Waals surface area contributed by atoms with Gasteiger partial charge in [0.15, 0.2) is 9.84 Å². The van der Waals surface area contributed by atoms with Crippen molar-refractivity contribution < 1.29 is 36.2 Å². The van der Waals surface area contributed by atoms with Crippen LogP contribution in [0.25, 0.3) is 0 Å². The van der Waals surface area contributed by atoms with Crippen LogP contribution in [0.1, 0.15) is 17.3 Å². The summed E-state index contributed by atoms with van der Waals surface area (Å²) in [5.41, 5.74) is -0.603. The highest BCUT2D eigenvalue weighted by Gasteiger charge is 2.32. The van der Waals surface area contributed by atoms with Crippen LogP contribution in [0, 0.1) is 0 Å². The van der Waals surface area contributed by atoms with Gasteiger partial charge < -0.3 is 9.84 Å². The first-order valence-corrected chi connectivity index (χ1v) is 6.57. The van der Waals surface area contributed by atoms with Gasteiger partial charge in [-0.25, -0.2) is 13.2 Å². The van der Waals surface area contributed by atoms with Crippen molar-refractivity contribution in [3.8, 4) is 5.75 Å². The summed E-state index contributed by atoms with van der Waals surface area (Å²) in [7, 11) is -3.84. The molecule has 0 fully saturated rings. The normalized spacial score (nSPS) is 12.2. The monoisotopic (exact) mass is 298 g/mol. The molecule has 0 heterocycles. The second-order valence-corrected chi connectivity index (χ2v) is 5.73. The molecule has 0 radical (unpaired) electrons. The number of rotatable bonds is 4. The van der Waals surface area contributed by atoms with Gasteiger partial charge in [-0.2, -0.15) is 0 Å². The molecule has 1 aromatic rings. The van der Waals surface area contributed by atoms with Crippen LogP contribution >= 0.6 is 0 Å². The van der Waals surface area contributed by atoms with Crippen LogP contribution in [-0.2, 0) is 9.84 Å². The van der Waals surface area contributed by atoms with E-state index in [1.54, 1.807) is 0 Å². The van der Waals surface area contributed by atoms with E-state index in [1.807, 2.05) is 0 Å². The Bertz CT molecular complexity index is 592. The lowest BCUT2D eigenvalue weighted by atomic mass is 10.2. The molecule has 0 saturated heterocycles. The van der Waals surface area contributed by atoms with Crippen LogP contribution < -0.4 is 4.74 Å². The number of carboxylic acids is 1. The first-order chi connectivity index (χ1) is 8.55. The summed E-state index contributed by atoms with van der Waals surface area (Å²) in [4.78, 5) is 10.2. The fourth-order valence-corrected chi connectivity index (χ4v) is 2.17. The van der Waals surface area contributed by atoms with Crippen LogP contribution in [0.3, 0.4) is 0 Å². The number of halogens is 3. The predicted octanol–water partition coefficient (Wildman–Crippen LogP) is 2.08. The van der Waals surface area contributed by atoms with Crippen molar-refractivity contribution in [1.29, 1.82) is 0 Å². The summed E-state index contributed by atoms with van der Waals surface area (Å²) in [5, 5.41) is 8.74. The first kappa shape index (κ1) is 15.3. The Morgan fingerprint density at radius 2 is 1.89 bits per heavy atom. The molecule has 0 amide bonds. The van der Waals surface area contributed by atoms with Crippen LogP contribution in [-0.4, -0.2) is 31.6 Å². The van der Waals surface area contributed by atoms with E-state index in [9.17, 15) is 26.4 Å². The third-order valence-corrected chi connectivity index (χ3v) is 3.81. The predicted molar refractivity (Wildman–Crippen MR) is 57.8 cm³/mol. The lowest BCUT2D eigenvalue weighted by Gasteiger charge is -2.11. The number of hydrogen-bond acceptors (Lipinski definition) is 4. The Kier molecular flexibility index (Phi) is 4.09. The molecule has 0 unspecified atom stereocenters. The minimum Gasteiger partial charge on any atom is -0.478 e. The molecule has 1 aromatic carbocycles. The molecule has 0 aliphatic rings. The summed E-state index contributed by atoms with van der Waals surface area (Å²) >= 11 is 0. The summed E-state index contributed by atoms with van der Waals surface area (Å²) in [5.74, 6) is -2.82. The number of carboxylic acid groups (broad SMARTS) is 1. The van der Waals surface area contributed by atoms with Gasteiger partial charge in [-0.1, -0.05) is 6.92 Å². The minimum atomic E-state index is -5.04. The van der Waals surface area contributed by atoms with Crippen molar-refractivity contribution in [2.75, 3.05) is 5.75 Å². The quantitative estimate of drug-likeness (QED) is 0.920. The molecular formula is C10H9F3O5S. The number of ether oxygens (including phenoxy) is 1. The molecule has 1 N–H and O–H groups in total. The maximum absolute atomic E-state index is 12.1. The van der Waals surface area contributed by atoms with E-state index in [4.69, 9.17) is 5.11 Å². The average Bonchev–Trinajstić information content (AvgIpc) is 2.26. The van der Waals surface area contributed by atoms with Crippen molar-refractivity contribution >= 4 is 15.8 Å². The lowest BCUT2D eigenvalue weighted by Crippen LogP contribution is -2.18. The molecule has 0 atom stereocenters. The van der Waals surface area contributed by atoms with Crippen molar-refractivity contribution in [2.24, 2.45) is 0 Å². The topological polar surface area (TPSA) is 80.7 Å². The summed E-state index contributed by atoms with van der Waals surface area (Å²) in [6.07, 6.45) is -5.04. The molecule has 0 aliphatic heterocycles. The zero-order chi connectivity index (χ0) is 14.8. The number of alkyl halides is 3. The molecule has 19 heavy (non-hydrogen) atoms. The van der Waals surface area contributed by atoms with Gasteiger partial charge in [-0.15, -0.1) is 13.2 Å². The number of aromatic carboxylic acids is 1. The van der Waals surface area contributed by atoms with E-state index in [0.717, 1.165) is 6.07 Å². The maximum Gasteiger partial charge on any atom is 0.573 e. The third-order valence-electron chi connectivity index (χ3n) is 2.10. The van der Waals surface area contributed by atoms with Crippen molar-refractivity contribution in [3.05, 3.63) is 23.8 Å². The second kappa shape index (κ2) is 5.08. The Morgan fingerprint density at radius 3 is 2.32 bits per heavy atom. The largest absolute Gasteiger partial charge is 0.573 e. The fraction of sp³-hybridized carbons (Fsp3) is 0.300. The number of hydrogen-bond donors (Lipinski definition) is 1. The smallest absolute Gasteiger partial charge is 0.478 e. The molecule has 1 rings (SSSR count). The standard InChI is InChI=1S/C10H9F3O5S/c1-2-19(16,17)8-4-6(9(14)15)3-7(5-8)18-10(11,12)13/h3-5H,2H2,1H3,(H,14,15). The van der Waals surface area contributed by atoms with Crippen molar-refractivity contribution in [2.45, 2.75) is 18.2 Å². The van der Waals surface area contributed by atoms with E-state index >= 15 is 0 Å². The Labute approximate surface area is 106 Å². The molecule has 0 bridgehead atoms. The van der Waals surface area contributed by atoms with Gasteiger partial charge in [0.25, 0.3) is 0 Å². The maximum atomic E-state index is 12.1. The van der Waals surface area contributed by atoms with E-state index in [2.05, 4.69) is 4.74 Å². The van der Waals surface area contributed by atoms with Crippen LogP contribution in [0.15, 0.2) is 23.1 Å². The van der Waals surface area contributed by atoms with Crippen LogP contribution in [0.4, 0.5) is 13.2 Å². The SMILES string of the molecule is CCS(=O)(=O)c1cc(OC(F)(F)F)cc(C(=O)O)c1. The second-order valence-electron chi connectivity index (χ2n) is 3.45. The zero-order valence-electron chi connectivity index (χ0n) is 9.56. The number of carbonyl (C=O) groups is 1.